The van der Waals surface area contributed by atoms with E-state index in [1.807, 2.05) is 41.5 Å². The van der Waals surface area contributed by atoms with Gasteiger partial charge in [0.25, 0.3) is 5.56 Å². The zero-order valence-electron chi connectivity index (χ0n) is 11.6. The molecule has 0 amide bonds. The highest BCUT2D eigenvalue weighted by atomic mass is 16.1. The van der Waals surface area contributed by atoms with Gasteiger partial charge >= 0.3 is 0 Å². The molecule has 0 aliphatic carbocycles. The van der Waals surface area contributed by atoms with Crippen molar-refractivity contribution in [1.82, 2.24) is 9.97 Å². The van der Waals surface area contributed by atoms with Gasteiger partial charge in [-0.1, -0.05) is 41.5 Å². The Morgan fingerprint density at radius 3 is 2.18 bits per heavy atom. The molecule has 1 rings (SSSR count). The number of hydrogen-bond donors (Lipinski definition) is 2. The molecule has 1 unspecified atom stereocenters. The molecule has 1 heterocycles. The maximum Gasteiger partial charge on any atom is 0.251 e. The van der Waals surface area contributed by atoms with E-state index >= 15 is 0 Å². The van der Waals surface area contributed by atoms with Crippen molar-refractivity contribution in [2.75, 3.05) is 0 Å². The molecular formula is C13H23N3O. The third-order valence-corrected chi connectivity index (χ3v) is 2.76. The Morgan fingerprint density at radius 1 is 1.24 bits per heavy atom. The van der Waals surface area contributed by atoms with E-state index in [1.54, 1.807) is 6.07 Å². The van der Waals surface area contributed by atoms with Crippen LogP contribution in [0.4, 0.5) is 0 Å². The first kappa shape index (κ1) is 13.9. The summed E-state index contributed by atoms with van der Waals surface area (Å²) in [5, 5.41) is 0. The molecule has 1 atom stereocenters. The smallest absolute Gasteiger partial charge is 0.251 e. The van der Waals surface area contributed by atoms with E-state index in [2.05, 4.69) is 9.97 Å². The summed E-state index contributed by atoms with van der Waals surface area (Å²) in [5.41, 5.74) is 6.47. The zero-order chi connectivity index (χ0) is 13.4. The first-order valence-electron chi connectivity index (χ1n) is 5.89. The fourth-order valence-electron chi connectivity index (χ4n) is 1.42. The third kappa shape index (κ3) is 3.40. The molecule has 0 saturated heterocycles. The Labute approximate surface area is 103 Å². The molecule has 0 bridgehead atoms. The van der Waals surface area contributed by atoms with Gasteiger partial charge < -0.3 is 10.7 Å². The molecule has 96 valence electrons. The van der Waals surface area contributed by atoms with Crippen LogP contribution in [0.2, 0.25) is 0 Å². The van der Waals surface area contributed by atoms with Crippen molar-refractivity contribution in [1.29, 1.82) is 0 Å². The molecule has 4 nitrogen and oxygen atoms in total. The van der Waals surface area contributed by atoms with Gasteiger partial charge in [-0.25, -0.2) is 4.98 Å². The maximum atomic E-state index is 11.6. The van der Waals surface area contributed by atoms with Crippen LogP contribution in [-0.2, 0) is 5.41 Å². The Bertz CT molecular complexity index is 449. The average molecular weight is 237 g/mol. The predicted molar refractivity (Wildman–Crippen MR) is 69.9 cm³/mol. The van der Waals surface area contributed by atoms with Gasteiger partial charge in [0.2, 0.25) is 0 Å². The summed E-state index contributed by atoms with van der Waals surface area (Å²) in [7, 11) is 0. The van der Waals surface area contributed by atoms with Crippen molar-refractivity contribution >= 4 is 0 Å². The van der Waals surface area contributed by atoms with Gasteiger partial charge in [0, 0.05) is 11.5 Å². The highest BCUT2D eigenvalue weighted by Crippen LogP contribution is 2.28. The van der Waals surface area contributed by atoms with E-state index in [0.29, 0.717) is 5.82 Å². The van der Waals surface area contributed by atoms with E-state index in [4.69, 9.17) is 5.73 Å². The Hall–Kier alpha value is -1.16. The van der Waals surface area contributed by atoms with Crippen LogP contribution in [0.3, 0.4) is 0 Å². The molecule has 4 heteroatoms. The SMILES string of the molecule is CC(C)(C)c1cc(=O)[nH]c(C(N)C(C)(C)C)n1. The van der Waals surface area contributed by atoms with E-state index < -0.39 is 0 Å². The second-order valence-corrected chi connectivity index (χ2v) is 6.61. The summed E-state index contributed by atoms with van der Waals surface area (Å²) in [6, 6.07) is 1.26. The largest absolute Gasteiger partial charge is 0.321 e. The molecule has 17 heavy (non-hydrogen) atoms. The molecule has 0 saturated carbocycles. The first-order valence-corrected chi connectivity index (χ1v) is 5.89. The number of nitrogens with one attached hydrogen (secondary N) is 1. The van der Waals surface area contributed by atoms with E-state index in [9.17, 15) is 4.79 Å². The van der Waals surface area contributed by atoms with Crippen molar-refractivity contribution < 1.29 is 0 Å². The number of H-pyrrole nitrogens is 1. The number of nitrogens with two attached hydrogens (primary N) is 1. The van der Waals surface area contributed by atoms with Crippen LogP contribution in [0.15, 0.2) is 10.9 Å². The Morgan fingerprint density at radius 2 is 1.76 bits per heavy atom. The zero-order valence-corrected chi connectivity index (χ0v) is 11.6. The van der Waals surface area contributed by atoms with Crippen molar-refractivity contribution in [2.45, 2.75) is 53.0 Å². The van der Waals surface area contributed by atoms with Crippen molar-refractivity contribution in [3.05, 3.63) is 27.9 Å². The second-order valence-electron chi connectivity index (χ2n) is 6.61. The number of rotatable bonds is 1. The monoisotopic (exact) mass is 237 g/mol. The normalized spacial score (nSPS) is 14.8. The van der Waals surface area contributed by atoms with E-state index in [-0.39, 0.29) is 22.4 Å². The minimum absolute atomic E-state index is 0.132. The first-order chi connectivity index (χ1) is 7.51. The van der Waals surface area contributed by atoms with Crippen molar-refractivity contribution in [2.24, 2.45) is 11.1 Å². The number of nitrogens with zero attached hydrogens (tertiary/aromatic N) is 1. The topological polar surface area (TPSA) is 71.8 Å². The summed E-state index contributed by atoms with van der Waals surface area (Å²) in [6.45, 7) is 12.2. The lowest BCUT2D eigenvalue weighted by molar-refractivity contribution is 0.313. The van der Waals surface area contributed by atoms with Crippen LogP contribution in [-0.4, -0.2) is 9.97 Å². The molecule has 0 fully saturated rings. The summed E-state index contributed by atoms with van der Waals surface area (Å²) >= 11 is 0. The molecule has 0 aliphatic heterocycles. The molecule has 0 radical (unpaired) electrons. The number of aromatic amines is 1. The van der Waals surface area contributed by atoms with Crippen LogP contribution in [0.1, 0.15) is 59.1 Å². The highest BCUT2D eigenvalue weighted by Gasteiger charge is 2.26. The minimum Gasteiger partial charge on any atom is -0.321 e. The summed E-state index contributed by atoms with van der Waals surface area (Å²) < 4.78 is 0. The quantitative estimate of drug-likeness (QED) is 0.785. The van der Waals surface area contributed by atoms with Crippen LogP contribution in [0.5, 0.6) is 0 Å². The van der Waals surface area contributed by atoms with Crippen molar-refractivity contribution in [3.8, 4) is 0 Å². The van der Waals surface area contributed by atoms with Crippen molar-refractivity contribution in [3.63, 3.8) is 0 Å². The molecule has 3 N–H and O–H groups in total. The summed E-state index contributed by atoms with van der Waals surface area (Å²) in [6.07, 6.45) is 0. The lowest BCUT2D eigenvalue weighted by Gasteiger charge is -2.27. The van der Waals surface area contributed by atoms with Crippen LogP contribution in [0, 0.1) is 5.41 Å². The van der Waals surface area contributed by atoms with E-state index in [0.717, 1.165) is 5.69 Å². The van der Waals surface area contributed by atoms with Gasteiger partial charge in [-0.3, -0.25) is 4.79 Å². The number of hydrogen-bond acceptors (Lipinski definition) is 3. The van der Waals surface area contributed by atoms with Crippen LogP contribution in [0.25, 0.3) is 0 Å². The maximum absolute atomic E-state index is 11.6. The predicted octanol–water partition coefficient (Wildman–Crippen LogP) is 2.11. The fourth-order valence-corrected chi connectivity index (χ4v) is 1.42. The molecule has 1 aromatic rings. The lowest BCUT2D eigenvalue weighted by atomic mass is 9.86. The molecule has 0 aliphatic rings. The highest BCUT2D eigenvalue weighted by molar-refractivity contribution is 5.14. The van der Waals surface area contributed by atoms with Gasteiger partial charge in [0.1, 0.15) is 5.82 Å². The average Bonchev–Trinajstić information content (AvgIpc) is 2.12. The van der Waals surface area contributed by atoms with Gasteiger partial charge in [-0.2, -0.15) is 0 Å². The molecule has 0 aromatic carbocycles. The van der Waals surface area contributed by atoms with E-state index in [1.165, 1.54) is 0 Å². The minimum atomic E-state index is -0.280. The summed E-state index contributed by atoms with van der Waals surface area (Å²) in [4.78, 5) is 18.9. The Balaban J connectivity index is 3.29. The van der Waals surface area contributed by atoms with Gasteiger partial charge in [0.05, 0.1) is 11.7 Å². The van der Waals surface area contributed by atoms with Crippen LogP contribution >= 0.6 is 0 Å². The lowest BCUT2D eigenvalue weighted by Crippen LogP contribution is -2.31. The van der Waals surface area contributed by atoms with Gasteiger partial charge in [0.15, 0.2) is 0 Å². The van der Waals surface area contributed by atoms with Gasteiger partial charge in [-0.15, -0.1) is 0 Å². The van der Waals surface area contributed by atoms with Crippen LogP contribution < -0.4 is 11.3 Å². The fraction of sp³-hybridized carbons (Fsp3) is 0.692. The molecule has 1 aromatic heterocycles. The van der Waals surface area contributed by atoms with Gasteiger partial charge in [-0.05, 0) is 5.41 Å². The third-order valence-electron chi connectivity index (χ3n) is 2.76. The molecular weight excluding hydrogens is 214 g/mol. The Kier molecular flexibility index (Phi) is 3.48. The number of aromatic nitrogens is 2. The summed E-state index contributed by atoms with van der Waals surface area (Å²) in [5.74, 6) is 0.565. The molecule has 0 spiro atoms. The second kappa shape index (κ2) is 4.26. The standard InChI is InChI=1S/C13H23N3O/c1-12(2,3)8-7-9(17)16-11(15-8)10(14)13(4,5)6/h7,10H,14H2,1-6H3,(H,15,16,17).